The lowest BCUT2D eigenvalue weighted by Crippen LogP contribution is -2.30. The molecule has 1 aromatic carbocycles. The second kappa shape index (κ2) is 5.18. The van der Waals surface area contributed by atoms with E-state index in [1.54, 1.807) is 30.3 Å². The number of halogens is 1. The van der Waals surface area contributed by atoms with Gasteiger partial charge in [-0.2, -0.15) is 0 Å². The van der Waals surface area contributed by atoms with Crippen LogP contribution in [0.2, 0.25) is 0 Å². The van der Waals surface area contributed by atoms with Crippen LogP contribution in [0.25, 0.3) is 0 Å². The fourth-order valence-corrected chi connectivity index (χ4v) is 3.29. The quantitative estimate of drug-likeness (QED) is 0.926. The zero-order chi connectivity index (χ0) is 14.0. The molecule has 2 rings (SSSR count). The number of aromatic nitrogens is 1. The van der Waals surface area contributed by atoms with Crippen molar-refractivity contribution in [2.45, 2.75) is 4.90 Å². The van der Waals surface area contributed by atoms with E-state index >= 15 is 0 Å². The van der Waals surface area contributed by atoms with Crippen molar-refractivity contribution in [3.05, 3.63) is 57.4 Å². The van der Waals surface area contributed by atoms with Crippen molar-refractivity contribution in [2.24, 2.45) is 0 Å². The molecule has 0 fully saturated rings. The molecule has 0 saturated heterocycles. The highest BCUT2D eigenvalue weighted by Crippen LogP contribution is 2.19. The van der Waals surface area contributed by atoms with Crippen LogP contribution in [0.3, 0.4) is 0 Å². The zero-order valence-electron chi connectivity index (χ0n) is 10.00. The molecule has 0 unspecified atom stereocenters. The molecule has 0 radical (unpaired) electrons. The Morgan fingerprint density at radius 3 is 2.42 bits per heavy atom. The normalized spacial score (nSPS) is 11.3. The number of nitrogens with zero attached hydrogens (tertiary/aromatic N) is 1. The molecule has 2 aromatic rings. The number of pyridine rings is 1. The number of hydrogen-bond acceptors (Lipinski definition) is 3. The Balaban J connectivity index is 2.55. The second-order valence-electron chi connectivity index (χ2n) is 3.80. The van der Waals surface area contributed by atoms with Crippen molar-refractivity contribution in [3.63, 3.8) is 0 Å². The molecule has 19 heavy (non-hydrogen) atoms. The Morgan fingerprint density at radius 1 is 1.16 bits per heavy atom. The Morgan fingerprint density at radius 2 is 1.79 bits per heavy atom. The Kier molecular flexibility index (Phi) is 3.77. The summed E-state index contributed by atoms with van der Waals surface area (Å²) < 4.78 is 26.0. The summed E-state index contributed by atoms with van der Waals surface area (Å²) in [5, 5.41) is 0. The van der Waals surface area contributed by atoms with Gasteiger partial charge in [0.2, 0.25) is 5.43 Å². The first kappa shape index (κ1) is 13.8. The second-order valence-corrected chi connectivity index (χ2v) is 6.60. The van der Waals surface area contributed by atoms with E-state index < -0.39 is 15.5 Å². The van der Waals surface area contributed by atoms with Gasteiger partial charge >= 0.3 is 0 Å². The number of rotatable bonds is 3. The maximum absolute atomic E-state index is 12.4. The summed E-state index contributed by atoms with van der Waals surface area (Å²) in [4.78, 5) is 14.2. The standard InChI is InChI=1S/C12H11BrN2O3S/c1-15(9-5-3-2-4-6-9)19(17,18)11-8-14-7-10(13)12(11)16/h2-8H,1H3,(H,14,16). The molecule has 0 aliphatic carbocycles. The minimum atomic E-state index is -3.89. The van der Waals surface area contributed by atoms with Crippen LogP contribution in [0.4, 0.5) is 5.69 Å². The van der Waals surface area contributed by atoms with E-state index in [1.807, 2.05) is 0 Å². The lowest BCUT2D eigenvalue weighted by atomic mass is 10.3. The van der Waals surface area contributed by atoms with Gasteiger partial charge in [0, 0.05) is 19.4 Å². The maximum atomic E-state index is 12.4. The van der Waals surface area contributed by atoms with Gasteiger partial charge in [-0.1, -0.05) is 18.2 Å². The average Bonchev–Trinajstić information content (AvgIpc) is 2.41. The molecule has 0 aliphatic rings. The van der Waals surface area contributed by atoms with Crippen molar-refractivity contribution in [3.8, 4) is 0 Å². The fraction of sp³-hybridized carbons (Fsp3) is 0.0833. The minimum absolute atomic E-state index is 0.176. The van der Waals surface area contributed by atoms with Gasteiger partial charge in [0.1, 0.15) is 0 Å². The first-order valence-electron chi connectivity index (χ1n) is 5.35. The monoisotopic (exact) mass is 342 g/mol. The third kappa shape index (κ3) is 2.57. The van der Waals surface area contributed by atoms with Crippen LogP contribution in [-0.2, 0) is 10.0 Å². The number of aromatic amines is 1. The van der Waals surface area contributed by atoms with E-state index in [4.69, 9.17) is 0 Å². The van der Waals surface area contributed by atoms with E-state index in [0.717, 1.165) is 4.31 Å². The van der Waals surface area contributed by atoms with Crippen LogP contribution in [0.5, 0.6) is 0 Å². The van der Waals surface area contributed by atoms with Crippen molar-refractivity contribution < 1.29 is 8.42 Å². The van der Waals surface area contributed by atoms with Crippen molar-refractivity contribution in [1.29, 1.82) is 0 Å². The van der Waals surface area contributed by atoms with Gasteiger partial charge in [-0.05, 0) is 28.1 Å². The lowest BCUT2D eigenvalue weighted by molar-refractivity contribution is 0.593. The summed E-state index contributed by atoms with van der Waals surface area (Å²) in [5.41, 5.74) is -0.0802. The molecular formula is C12H11BrN2O3S. The first-order valence-corrected chi connectivity index (χ1v) is 7.58. The molecule has 1 N–H and O–H groups in total. The SMILES string of the molecule is CN(c1ccccc1)S(=O)(=O)c1c[nH]cc(Br)c1=O. The minimum Gasteiger partial charge on any atom is -0.365 e. The van der Waals surface area contributed by atoms with Gasteiger partial charge in [-0.25, -0.2) is 8.42 Å². The Hall–Kier alpha value is -1.60. The molecule has 0 aliphatic heterocycles. The first-order chi connectivity index (χ1) is 8.94. The molecule has 5 nitrogen and oxygen atoms in total. The van der Waals surface area contributed by atoms with Crippen LogP contribution in [0.1, 0.15) is 0 Å². The molecule has 0 spiro atoms. The number of hydrogen-bond donors (Lipinski definition) is 1. The van der Waals surface area contributed by atoms with Crippen LogP contribution in [0, 0.1) is 0 Å². The van der Waals surface area contributed by atoms with Gasteiger partial charge < -0.3 is 4.98 Å². The average molecular weight is 343 g/mol. The summed E-state index contributed by atoms with van der Waals surface area (Å²) in [6.07, 6.45) is 2.58. The largest absolute Gasteiger partial charge is 0.365 e. The fourth-order valence-electron chi connectivity index (χ4n) is 1.56. The van der Waals surface area contributed by atoms with Crippen molar-refractivity contribution in [1.82, 2.24) is 4.98 Å². The number of H-pyrrole nitrogens is 1. The third-order valence-corrected chi connectivity index (χ3v) is 5.00. The van der Waals surface area contributed by atoms with E-state index in [-0.39, 0.29) is 9.37 Å². The van der Waals surface area contributed by atoms with Gasteiger partial charge in [0.05, 0.1) is 10.2 Å². The van der Waals surface area contributed by atoms with Crippen LogP contribution >= 0.6 is 15.9 Å². The van der Waals surface area contributed by atoms with Gasteiger partial charge in [0.15, 0.2) is 4.90 Å². The van der Waals surface area contributed by atoms with E-state index in [9.17, 15) is 13.2 Å². The summed E-state index contributed by atoms with van der Waals surface area (Å²) in [6.45, 7) is 0. The molecule has 0 saturated carbocycles. The number of para-hydroxylation sites is 1. The van der Waals surface area contributed by atoms with Crippen LogP contribution < -0.4 is 9.73 Å². The number of sulfonamides is 1. The molecule has 7 heteroatoms. The Bertz CT molecular complexity index is 741. The number of nitrogens with one attached hydrogen (secondary N) is 1. The van der Waals surface area contributed by atoms with Gasteiger partial charge in [0.25, 0.3) is 10.0 Å². The highest BCUT2D eigenvalue weighted by Gasteiger charge is 2.25. The topological polar surface area (TPSA) is 70.2 Å². The molecule has 0 bridgehead atoms. The number of benzene rings is 1. The van der Waals surface area contributed by atoms with Crippen molar-refractivity contribution in [2.75, 3.05) is 11.4 Å². The molecule has 1 aromatic heterocycles. The van der Waals surface area contributed by atoms with E-state index in [1.165, 1.54) is 19.4 Å². The van der Waals surface area contributed by atoms with Crippen LogP contribution in [-0.4, -0.2) is 20.4 Å². The lowest BCUT2D eigenvalue weighted by Gasteiger charge is -2.18. The summed E-state index contributed by atoms with van der Waals surface area (Å²) in [7, 11) is -2.48. The smallest absolute Gasteiger partial charge is 0.269 e. The van der Waals surface area contributed by atoms with Gasteiger partial charge in [-0.3, -0.25) is 9.10 Å². The van der Waals surface area contributed by atoms with Crippen molar-refractivity contribution >= 4 is 31.6 Å². The predicted octanol–water partition coefficient (Wildman–Crippen LogP) is 1.96. The summed E-state index contributed by atoms with van der Waals surface area (Å²) >= 11 is 3.02. The molecule has 0 amide bonds. The molecule has 1 heterocycles. The maximum Gasteiger partial charge on any atom is 0.269 e. The van der Waals surface area contributed by atoms with E-state index in [2.05, 4.69) is 20.9 Å². The number of anilines is 1. The highest BCUT2D eigenvalue weighted by atomic mass is 79.9. The van der Waals surface area contributed by atoms with Crippen LogP contribution in [0.15, 0.2) is 56.9 Å². The predicted molar refractivity (Wildman–Crippen MR) is 76.8 cm³/mol. The molecule has 100 valence electrons. The zero-order valence-corrected chi connectivity index (χ0v) is 12.4. The summed E-state index contributed by atoms with van der Waals surface area (Å²) in [5.74, 6) is 0. The Labute approximate surface area is 119 Å². The van der Waals surface area contributed by atoms with Gasteiger partial charge in [-0.15, -0.1) is 0 Å². The third-order valence-electron chi connectivity index (χ3n) is 2.62. The molecule has 0 atom stereocenters. The van der Waals surface area contributed by atoms with E-state index in [0.29, 0.717) is 5.69 Å². The molecular weight excluding hydrogens is 332 g/mol. The summed E-state index contributed by atoms with van der Waals surface area (Å²) in [6, 6.07) is 8.56. The highest BCUT2D eigenvalue weighted by molar-refractivity contribution is 9.10.